The molecule has 2 saturated heterocycles. The predicted molar refractivity (Wildman–Crippen MR) is 85.0 cm³/mol. The van der Waals surface area contributed by atoms with Crippen LogP contribution in [0.4, 0.5) is 0 Å². The fourth-order valence-corrected chi connectivity index (χ4v) is 6.73. The second kappa shape index (κ2) is 5.53. The summed E-state index contributed by atoms with van der Waals surface area (Å²) in [5, 5.41) is 8.59. The van der Waals surface area contributed by atoms with Crippen LogP contribution in [0, 0.1) is 5.41 Å². The molecule has 0 saturated carbocycles. The predicted octanol–water partition coefficient (Wildman–Crippen LogP) is 1.39. The van der Waals surface area contributed by atoms with Gasteiger partial charge in [0.1, 0.15) is 5.75 Å². The summed E-state index contributed by atoms with van der Waals surface area (Å²) in [6.07, 6.45) is 0.802. The average Bonchev–Trinajstić information content (AvgIpc) is 2.88. The quantitative estimate of drug-likeness (QED) is 0.905. The number of hydrogen-bond donors (Lipinski definition) is 1. The van der Waals surface area contributed by atoms with Gasteiger partial charge in [0, 0.05) is 11.8 Å². The summed E-state index contributed by atoms with van der Waals surface area (Å²) in [7, 11) is -1.29. The van der Waals surface area contributed by atoms with E-state index in [2.05, 4.69) is 0 Å². The van der Waals surface area contributed by atoms with Crippen molar-refractivity contribution in [2.24, 2.45) is 0 Å². The number of methoxy groups -OCH3 is 1. The van der Waals surface area contributed by atoms with Gasteiger partial charge in [-0.2, -0.15) is 0 Å². The smallest absolute Gasteiger partial charge is 0.157 e. The van der Waals surface area contributed by atoms with Crippen LogP contribution in [0.25, 0.3) is 0 Å². The van der Waals surface area contributed by atoms with Crippen molar-refractivity contribution in [3.05, 3.63) is 29.8 Å². The third-order valence-corrected chi connectivity index (χ3v) is 7.17. The monoisotopic (exact) mass is 326 g/mol. The van der Waals surface area contributed by atoms with Gasteiger partial charge in [0.25, 0.3) is 0 Å². The highest BCUT2D eigenvalue weighted by Crippen LogP contribution is 2.37. The first-order valence-electron chi connectivity index (χ1n) is 6.84. The van der Waals surface area contributed by atoms with Gasteiger partial charge in [0.05, 0.1) is 24.7 Å². The van der Waals surface area contributed by atoms with Gasteiger partial charge < -0.3 is 9.64 Å². The fourth-order valence-electron chi connectivity index (χ4n) is 2.87. The van der Waals surface area contributed by atoms with Crippen molar-refractivity contribution in [1.29, 1.82) is 5.41 Å². The molecular formula is C14H18N2O3S2. The minimum Gasteiger partial charge on any atom is -0.497 e. The van der Waals surface area contributed by atoms with Crippen LogP contribution in [0.15, 0.2) is 24.3 Å². The van der Waals surface area contributed by atoms with Gasteiger partial charge in [0.2, 0.25) is 0 Å². The Hall–Kier alpha value is -1.21. The summed E-state index contributed by atoms with van der Waals surface area (Å²) in [5.41, 5.74) is 1.16. The topological polar surface area (TPSA) is 70.5 Å². The van der Waals surface area contributed by atoms with Crippen molar-refractivity contribution in [1.82, 2.24) is 4.90 Å². The standard InChI is InChI=1S/C14H18N2O3S2/c1-19-11-4-2-10(3-5-11)6-7-16-12-8-21(17,18)9-13(12)20-14(16)15/h2-5,12-13,15H,6-9H2,1H3/t12-,13+/m1/s1. The molecular weight excluding hydrogens is 308 g/mol. The molecule has 5 nitrogen and oxygen atoms in total. The van der Waals surface area contributed by atoms with E-state index < -0.39 is 9.84 Å². The van der Waals surface area contributed by atoms with Crippen LogP contribution in [0.2, 0.25) is 0 Å². The number of nitrogens with one attached hydrogen (secondary N) is 1. The molecule has 2 atom stereocenters. The molecule has 0 bridgehead atoms. The van der Waals surface area contributed by atoms with Crippen LogP contribution in [0.5, 0.6) is 5.75 Å². The lowest BCUT2D eigenvalue weighted by Gasteiger charge is -2.23. The zero-order chi connectivity index (χ0) is 15.0. The maximum Gasteiger partial charge on any atom is 0.157 e. The highest BCUT2D eigenvalue weighted by molar-refractivity contribution is 8.15. The third-order valence-electron chi connectivity index (χ3n) is 4.00. The van der Waals surface area contributed by atoms with Crippen molar-refractivity contribution in [3.63, 3.8) is 0 Å². The summed E-state index contributed by atoms with van der Waals surface area (Å²) in [5.74, 6) is 1.23. The average molecular weight is 326 g/mol. The SMILES string of the molecule is COc1ccc(CCN2C(=N)S[C@H]3CS(=O)(=O)C[C@H]32)cc1. The summed E-state index contributed by atoms with van der Waals surface area (Å²) in [6.45, 7) is 0.689. The van der Waals surface area contributed by atoms with E-state index in [9.17, 15) is 8.42 Å². The largest absolute Gasteiger partial charge is 0.497 e. The van der Waals surface area contributed by atoms with E-state index in [1.165, 1.54) is 11.8 Å². The van der Waals surface area contributed by atoms with Crippen LogP contribution < -0.4 is 4.74 Å². The van der Waals surface area contributed by atoms with Crippen LogP contribution >= 0.6 is 11.8 Å². The maximum absolute atomic E-state index is 11.7. The Balaban J connectivity index is 1.65. The lowest BCUT2D eigenvalue weighted by atomic mass is 10.1. The number of rotatable bonds is 4. The van der Waals surface area contributed by atoms with Crippen molar-refractivity contribution < 1.29 is 13.2 Å². The van der Waals surface area contributed by atoms with E-state index >= 15 is 0 Å². The third kappa shape index (κ3) is 3.03. The summed E-state index contributed by atoms with van der Waals surface area (Å²) >= 11 is 1.40. The number of thioether (sulfide) groups is 1. The first-order chi connectivity index (χ1) is 9.98. The van der Waals surface area contributed by atoms with E-state index in [0.29, 0.717) is 11.7 Å². The molecule has 2 fully saturated rings. The number of hydrogen-bond acceptors (Lipinski definition) is 5. The minimum absolute atomic E-state index is 0.0225. The van der Waals surface area contributed by atoms with Gasteiger partial charge in [-0.3, -0.25) is 5.41 Å². The number of amidine groups is 1. The number of sulfone groups is 1. The second-order valence-electron chi connectivity index (χ2n) is 5.40. The Bertz CT molecular complexity index is 643. The van der Waals surface area contributed by atoms with Gasteiger partial charge in [-0.15, -0.1) is 0 Å². The maximum atomic E-state index is 11.7. The summed E-state index contributed by atoms with van der Waals surface area (Å²) in [6, 6.07) is 7.83. The number of benzene rings is 1. The summed E-state index contributed by atoms with van der Waals surface area (Å²) < 4.78 is 28.6. The number of nitrogens with zero attached hydrogens (tertiary/aromatic N) is 1. The highest BCUT2D eigenvalue weighted by Gasteiger charge is 2.47. The fraction of sp³-hybridized carbons (Fsp3) is 0.500. The molecule has 1 aromatic rings. The zero-order valence-corrected chi connectivity index (χ0v) is 13.4. The Kier molecular flexibility index (Phi) is 3.88. The number of ether oxygens (including phenoxy) is 1. The van der Waals surface area contributed by atoms with Gasteiger partial charge in [-0.1, -0.05) is 23.9 Å². The van der Waals surface area contributed by atoms with Crippen molar-refractivity contribution in [2.45, 2.75) is 17.7 Å². The molecule has 0 radical (unpaired) electrons. The van der Waals surface area contributed by atoms with Crippen molar-refractivity contribution in [3.8, 4) is 5.75 Å². The van der Waals surface area contributed by atoms with E-state index in [1.54, 1.807) is 7.11 Å². The van der Waals surface area contributed by atoms with Gasteiger partial charge in [-0.25, -0.2) is 8.42 Å². The Labute approximate surface area is 129 Å². The van der Waals surface area contributed by atoms with Crippen LogP contribution in [-0.2, 0) is 16.3 Å². The molecule has 2 heterocycles. The Morgan fingerprint density at radius 2 is 2.05 bits per heavy atom. The van der Waals surface area contributed by atoms with E-state index in [-0.39, 0.29) is 22.8 Å². The lowest BCUT2D eigenvalue weighted by Crippen LogP contribution is -2.38. The first-order valence-corrected chi connectivity index (χ1v) is 9.54. The van der Waals surface area contributed by atoms with Gasteiger partial charge >= 0.3 is 0 Å². The van der Waals surface area contributed by atoms with Crippen LogP contribution in [-0.4, -0.2) is 54.9 Å². The molecule has 0 aliphatic carbocycles. The molecule has 0 spiro atoms. The minimum atomic E-state index is -2.93. The van der Waals surface area contributed by atoms with Gasteiger partial charge in [-0.05, 0) is 24.1 Å². The molecule has 114 valence electrons. The molecule has 2 aliphatic heterocycles. The van der Waals surface area contributed by atoms with Crippen molar-refractivity contribution in [2.75, 3.05) is 25.2 Å². The van der Waals surface area contributed by atoms with E-state index in [4.69, 9.17) is 10.1 Å². The lowest BCUT2D eigenvalue weighted by molar-refractivity contribution is 0.359. The van der Waals surface area contributed by atoms with Crippen molar-refractivity contribution >= 4 is 26.8 Å². The molecule has 2 aliphatic rings. The molecule has 0 amide bonds. The first kappa shape index (κ1) is 14.7. The Morgan fingerprint density at radius 3 is 2.71 bits per heavy atom. The molecule has 0 unspecified atom stereocenters. The molecule has 1 aromatic carbocycles. The van der Waals surface area contributed by atoms with Crippen LogP contribution in [0.1, 0.15) is 5.56 Å². The van der Waals surface area contributed by atoms with Crippen LogP contribution in [0.3, 0.4) is 0 Å². The molecule has 21 heavy (non-hydrogen) atoms. The highest BCUT2D eigenvalue weighted by atomic mass is 32.2. The second-order valence-corrected chi connectivity index (χ2v) is 8.78. The van der Waals surface area contributed by atoms with E-state index in [1.807, 2.05) is 29.2 Å². The summed E-state index contributed by atoms with van der Waals surface area (Å²) in [4.78, 5) is 1.95. The number of fused-ring (bicyclic) bond motifs is 1. The zero-order valence-electron chi connectivity index (χ0n) is 11.8. The normalized spacial score (nSPS) is 26.9. The Morgan fingerprint density at radius 1 is 1.33 bits per heavy atom. The molecule has 3 rings (SSSR count). The van der Waals surface area contributed by atoms with Gasteiger partial charge in [0.15, 0.2) is 15.0 Å². The molecule has 7 heteroatoms. The molecule has 1 N–H and O–H groups in total. The van der Waals surface area contributed by atoms with E-state index in [0.717, 1.165) is 17.7 Å². The molecule has 0 aromatic heterocycles.